The second-order valence-corrected chi connectivity index (χ2v) is 3.94. The number of rotatable bonds is 2. The number of hydrogen-bond donors (Lipinski definition) is 0. The molecule has 0 radical (unpaired) electrons. The summed E-state index contributed by atoms with van der Waals surface area (Å²) in [5.74, 6) is 0.197. The molecule has 1 unspecified atom stereocenters. The molecule has 0 bridgehead atoms. The van der Waals surface area contributed by atoms with Crippen LogP contribution in [0.2, 0.25) is 0 Å². The number of amides is 1. The molecule has 1 rings (SSSR count). The van der Waals surface area contributed by atoms with Crippen LogP contribution in [0.15, 0.2) is 12.2 Å². The Morgan fingerprint density at radius 1 is 1.43 bits per heavy atom. The summed E-state index contributed by atoms with van der Waals surface area (Å²) >= 11 is 0. The first-order chi connectivity index (χ1) is 6.75. The third kappa shape index (κ3) is 3.17. The van der Waals surface area contributed by atoms with Crippen LogP contribution in [0, 0.1) is 0 Å². The molecule has 2 nitrogen and oxygen atoms in total. The van der Waals surface area contributed by atoms with Crippen LogP contribution in [0.4, 0.5) is 0 Å². The zero-order valence-electron chi connectivity index (χ0n) is 9.33. The van der Waals surface area contributed by atoms with E-state index in [4.69, 9.17) is 0 Å². The number of carbonyl (C=O) groups is 1. The minimum atomic E-state index is 0.197. The van der Waals surface area contributed by atoms with Crippen molar-refractivity contribution in [1.29, 1.82) is 0 Å². The molecule has 1 atom stereocenters. The first-order valence-electron chi connectivity index (χ1n) is 5.69. The van der Waals surface area contributed by atoms with E-state index < -0.39 is 0 Å². The molecule has 80 valence electrons. The lowest BCUT2D eigenvalue weighted by atomic mass is 10.0. The fourth-order valence-electron chi connectivity index (χ4n) is 2.09. The Balaban J connectivity index is 2.61. The molecule has 1 aliphatic carbocycles. The van der Waals surface area contributed by atoms with E-state index in [9.17, 15) is 4.79 Å². The van der Waals surface area contributed by atoms with Gasteiger partial charge < -0.3 is 4.90 Å². The van der Waals surface area contributed by atoms with Gasteiger partial charge in [0.15, 0.2) is 0 Å². The Labute approximate surface area is 87.0 Å². The molecule has 0 aliphatic heterocycles. The van der Waals surface area contributed by atoms with Crippen molar-refractivity contribution in [2.24, 2.45) is 0 Å². The predicted octanol–water partition coefficient (Wildman–Crippen LogP) is 2.74. The molecule has 14 heavy (non-hydrogen) atoms. The van der Waals surface area contributed by atoms with Gasteiger partial charge >= 0.3 is 0 Å². The summed E-state index contributed by atoms with van der Waals surface area (Å²) < 4.78 is 0. The minimum absolute atomic E-state index is 0.197. The van der Waals surface area contributed by atoms with Crippen molar-refractivity contribution < 1.29 is 4.79 Å². The van der Waals surface area contributed by atoms with Crippen molar-refractivity contribution in [2.45, 2.75) is 52.0 Å². The zero-order chi connectivity index (χ0) is 10.4. The molecule has 0 aromatic carbocycles. The van der Waals surface area contributed by atoms with Gasteiger partial charge in [0.2, 0.25) is 5.91 Å². The molecule has 0 saturated heterocycles. The van der Waals surface area contributed by atoms with E-state index in [0.29, 0.717) is 6.04 Å². The molecule has 1 aliphatic rings. The highest BCUT2D eigenvalue weighted by Gasteiger charge is 2.16. The normalized spacial score (nSPS) is 22.6. The van der Waals surface area contributed by atoms with Gasteiger partial charge in [0, 0.05) is 19.5 Å². The van der Waals surface area contributed by atoms with Gasteiger partial charge in [-0.25, -0.2) is 0 Å². The largest absolute Gasteiger partial charge is 0.337 e. The predicted molar refractivity (Wildman–Crippen MR) is 59.1 cm³/mol. The molecule has 0 aromatic heterocycles. The molecule has 0 fully saturated rings. The topological polar surface area (TPSA) is 20.3 Å². The van der Waals surface area contributed by atoms with E-state index in [1.807, 2.05) is 11.8 Å². The van der Waals surface area contributed by atoms with Crippen molar-refractivity contribution in [3.8, 4) is 0 Å². The van der Waals surface area contributed by atoms with Gasteiger partial charge in [0.25, 0.3) is 0 Å². The van der Waals surface area contributed by atoms with Crippen molar-refractivity contribution in [2.75, 3.05) is 6.54 Å². The molecule has 0 aromatic rings. The highest BCUT2D eigenvalue weighted by Crippen LogP contribution is 2.16. The summed E-state index contributed by atoms with van der Waals surface area (Å²) in [6, 6.07) is 0.345. The standard InChI is InChI=1S/C12H21NO/c1-3-13(11(2)14)12-9-7-5-4-6-8-10-12/h7,9,12H,3-6,8,10H2,1-2H3. The average Bonchev–Trinajstić information content (AvgIpc) is 2.08. The quantitative estimate of drug-likeness (QED) is 0.620. The summed E-state index contributed by atoms with van der Waals surface area (Å²) in [7, 11) is 0. The SMILES string of the molecule is CCN(C(C)=O)C1C=CCCCCC1. The fraction of sp³-hybridized carbons (Fsp3) is 0.750. The summed E-state index contributed by atoms with van der Waals surface area (Å²) in [4.78, 5) is 13.3. The average molecular weight is 195 g/mol. The van der Waals surface area contributed by atoms with E-state index in [-0.39, 0.29) is 5.91 Å². The van der Waals surface area contributed by atoms with Gasteiger partial charge in [0.1, 0.15) is 0 Å². The lowest BCUT2D eigenvalue weighted by Crippen LogP contribution is -2.37. The van der Waals surface area contributed by atoms with E-state index >= 15 is 0 Å². The first-order valence-corrected chi connectivity index (χ1v) is 5.69. The highest BCUT2D eigenvalue weighted by atomic mass is 16.2. The Morgan fingerprint density at radius 3 is 2.86 bits per heavy atom. The Kier molecular flexibility index (Phi) is 4.71. The van der Waals surface area contributed by atoms with Gasteiger partial charge in [-0.05, 0) is 26.2 Å². The van der Waals surface area contributed by atoms with Gasteiger partial charge in [-0.2, -0.15) is 0 Å². The van der Waals surface area contributed by atoms with Gasteiger partial charge in [-0.15, -0.1) is 0 Å². The number of allylic oxidation sites excluding steroid dienone is 1. The second kappa shape index (κ2) is 5.84. The summed E-state index contributed by atoms with van der Waals surface area (Å²) in [5, 5.41) is 0. The maximum absolute atomic E-state index is 11.4. The molecule has 1 amide bonds. The minimum Gasteiger partial charge on any atom is -0.337 e. The molecule has 0 heterocycles. The molecule has 0 saturated carbocycles. The number of nitrogens with zero attached hydrogens (tertiary/aromatic N) is 1. The van der Waals surface area contributed by atoms with Crippen LogP contribution in [0.3, 0.4) is 0 Å². The summed E-state index contributed by atoms with van der Waals surface area (Å²) in [5.41, 5.74) is 0. The lowest BCUT2D eigenvalue weighted by Gasteiger charge is -2.28. The van der Waals surface area contributed by atoms with Crippen molar-refractivity contribution >= 4 is 5.91 Å². The summed E-state index contributed by atoms with van der Waals surface area (Å²) in [6.45, 7) is 4.54. The van der Waals surface area contributed by atoms with Crippen LogP contribution in [0.25, 0.3) is 0 Å². The summed E-state index contributed by atoms with van der Waals surface area (Å²) in [6.07, 6.45) is 10.6. The van der Waals surface area contributed by atoms with Crippen LogP contribution >= 0.6 is 0 Å². The number of carbonyl (C=O) groups excluding carboxylic acids is 1. The third-order valence-corrected chi connectivity index (χ3v) is 2.87. The third-order valence-electron chi connectivity index (χ3n) is 2.87. The molecular weight excluding hydrogens is 174 g/mol. The van der Waals surface area contributed by atoms with Crippen LogP contribution in [0.1, 0.15) is 46.0 Å². The highest BCUT2D eigenvalue weighted by molar-refractivity contribution is 5.73. The smallest absolute Gasteiger partial charge is 0.219 e. The van der Waals surface area contributed by atoms with E-state index in [1.54, 1.807) is 6.92 Å². The fourth-order valence-corrected chi connectivity index (χ4v) is 2.09. The molecular formula is C12H21NO. The zero-order valence-corrected chi connectivity index (χ0v) is 9.33. The van der Waals surface area contributed by atoms with E-state index in [2.05, 4.69) is 12.2 Å². The lowest BCUT2D eigenvalue weighted by molar-refractivity contribution is -0.130. The van der Waals surface area contributed by atoms with E-state index in [1.165, 1.54) is 25.7 Å². The van der Waals surface area contributed by atoms with Crippen LogP contribution in [0.5, 0.6) is 0 Å². The van der Waals surface area contributed by atoms with Gasteiger partial charge in [0.05, 0.1) is 0 Å². The Hall–Kier alpha value is -0.790. The van der Waals surface area contributed by atoms with Crippen LogP contribution in [-0.4, -0.2) is 23.4 Å². The van der Waals surface area contributed by atoms with E-state index in [0.717, 1.165) is 13.0 Å². The molecule has 0 N–H and O–H groups in total. The Morgan fingerprint density at radius 2 is 2.21 bits per heavy atom. The monoisotopic (exact) mass is 195 g/mol. The maximum Gasteiger partial charge on any atom is 0.219 e. The van der Waals surface area contributed by atoms with Crippen molar-refractivity contribution in [3.63, 3.8) is 0 Å². The molecule has 2 heteroatoms. The van der Waals surface area contributed by atoms with Gasteiger partial charge in [-0.3, -0.25) is 4.79 Å². The van der Waals surface area contributed by atoms with Crippen molar-refractivity contribution in [3.05, 3.63) is 12.2 Å². The molecule has 0 spiro atoms. The van der Waals surface area contributed by atoms with Crippen molar-refractivity contribution in [1.82, 2.24) is 4.90 Å². The van der Waals surface area contributed by atoms with Crippen LogP contribution in [-0.2, 0) is 4.79 Å². The number of likely N-dealkylation sites (N-methyl/N-ethyl adjacent to an activating group) is 1. The number of hydrogen-bond acceptors (Lipinski definition) is 1. The first kappa shape index (κ1) is 11.3. The van der Waals surface area contributed by atoms with Crippen LogP contribution < -0.4 is 0 Å². The van der Waals surface area contributed by atoms with Gasteiger partial charge in [-0.1, -0.05) is 25.0 Å². The second-order valence-electron chi connectivity index (χ2n) is 3.94. The Bertz CT molecular complexity index is 210. The maximum atomic E-state index is 11.4.